The first-order chi connectivity index (χ1) is 14.3. The van der Waals surface area contributed by atoms with Gasteiger partial charge in [-0.25, -0.2) is 18.4 Å². The topological polar surface area (TPSA) is 96.4 Å². The molecule has 9 heteroatoms. The molecule has 0 spiro atoms. The van der Waals surface area contributed by atoms with Crippen molar-refractivity contribution >= 4 is 15.9 Å². The van der Waals surface area contributed by atoms with Crippen molar-refractivity contribution in [3.8, 4) is 11.5 Å². The highest BCUT2D eigenvalue weighted by atomic mass is 32.2. The summed E-state index contributed by atoms with van der Waals surface area (Å²) in [5.74, 6) is 1.04. The van der Waals surface area contributed by atoms with Gasteiger partial charge in [-0.1, -0.05) is 26.8 Å². The van der Waals surface area contributed by atoms with Crippen LogP contribution in [0.5, 0.6) is 0 Å². The standard InChI is InChI=1S/C21H27N5O3S/c1-14(2)19-18(13-23-20(24-19)17-6-4-5-7-22-17)30(28,29)26-10-8-25(9-11-26)21(27)16-12-15(16)3/h4-7,13-16H,8-12H2,1-3H3. The Morgan fingerprint density at radius 2 is 1.83 bits per heavy atom. The average molecular weight is 430 g/mol. The number of carbonyl (C=O) groups is 1. The highest BCUT2D eigenvalue weighted by molar-refractivity contribution is 7.89. The van der Waals surface area contributed by atoms with Crippen molar-refractivity contribution in [3.05, 3.63) is 36.3 Å². The molecule has 1 aliphatic heterocycles. The number of carbonyl (C=O) groups excluding carboxylic acids is 1. The van der Waals surface area contributed by atoms with Gasteiger partial charge in [-0.2, -0.15) is 4.31 Å². The van der Waals surface area contributed by atoms with Gasteiger partial charge in [-0.05, 0) is 30.4 Å². The molecular weight excluding hydrogens is 402 g/mol. The Labute approximate surface area is 177 Å². The molecule has 8 nitrogen and oxygen atoms in total. The van der Waals surface area contributed by atoms with Crippen molar-refractivity contribution in [2.45, 2.75) is 38.0 Å². The summed E-state index contributed by atoms with van der Waals surface area (Å²) in [5, 5.41) is 0. The van der Waals surface area contributed by atoms with Crippen molar-refractivity contribution in [1.29, 1.82) is 0 Å². The third-order valence-corrected chi connectivity index (χ3v) is 7.73. The predicted molar refractivity (Wildman–Crippen MR) is 112 cm³/mol. The van der Waals surface area contributed by atoms with Crippen molar-refractivity contribution in [1.82, 2.24) is 24.2 Å². The molecule has 160 valence electrons. The summed E-state index contributed by atoms with van der Waals surface area (Å²) in [4.78, 5) is 27.5. The summed E-state index contributed by atoms with van der Waals surface area (Å²) >= 11 is 0. The maximum atomic E-state index is 13.4. The number of hydrogen-bond acceptors (Lipinski definition) is 6. The molecule has 1 saturated carbocycles. The Hall–Kier alpha value is -2.39. The van der Waals surface area contributed by atoms with Crippen LogP contribution in [0.2, 0.25) is 0 Å². The molecule has 0 bridgehead atoms. The molecule has 2 aromatic heterocycles. The Kier molecular flexibility index (Phi) is 5.59. The van der Waals surface area contributed by atoms with Crippen LogP contribution in [0, 0.1) is 11.8 Å². The molecule has 1 amide bonds. The first-order valence-corrected chi connectivity index (χ1v) is 11.8. The number of rotatable bonds is 5. The van der Waals surface area contributed by atoms with Gasteiger partial charge in [0.15, 0.2) is 5.82 Å². The SMILES string of the molecule is CC(C)c1nc(-c2ccccn2)ncc1S(=O)(=O)N1CCN(C(=O)C2CC2C)CC1. The monoisotopic (exact) mass is 429 g/mol. The van der Waals surface area contributed by atoms with Crippen LogP contribution < -0.4 is 0 Å². The van der Waals surface area contributed by atoms with Gasteiger partial charge in [0.2, 0.25) is 15.9 Å². The molecule has 2 unspecified atom stereocenters. The van der Waals surface area contributed by atoms with Crippen LogP contribution >= 0.6 is 0 Å². The van der Waals surface area contributed by atoms with Crippen molar-refractivity contribution in [3.63, 3.8) is 0 Å². The van der Waals surface area contributed by atoms with E-state index in [1.807, 2.05) is 19.9 Å². The van der Waals surface area contributed by atoms with E-state index < -0.39 is 10.0 Å². The lowest BCUT2D eigenvalue weighted by molar-refractivity contribution is -0.134. The van der Waals surface area contributed by atoms with Crippen LogP contribution in [-0.4, -0.2) is 64.7 Å². The molecule has 2 aliphatic rings. The maximum Gasteiger partial charge on any atom is 0.246 e. The van der Waals surface area contributed by atoms with E-state index in [-0.39, 0.29) is 35.7 Å². The lowest BCUT2D eigenvalue weighted by Crippen LogP contribution is -2.51. The molecular formula is C21H27N5O3S. The van der Waals surface area contributed by atoms with E-state index in [0.29, 0.717) is 36.2 Å². The summed E-state index contributed by atoms with van der Waals surface area (Å²) in [6.07, 6.45) is 3.99. The van der Waals surface area contributed by atoms with Crippen LogP contribution in [0.25, 0.3) is 11.5 Å². The zero-order valence-electron chi connectivity index (χ0n) is 17.5. The van der Waals surface area contributed by atoms with Crippen molar-refractivity contribution in [2.24, 2.45) is 11.8 Å². The quantitative estimate of drug-likeness (QED) is 0.723. The highest BCUT2D eigenvalue weighted by Crippen LogP contribution is 2.39. The minimum atomic E-state index is -3.75. The fourth-order valence-corrected chi connectivity index (χ4v) is 5.46. The van der Waals surface area contributed by atoms with E-state index in [1.165, 1.54) is 10.5 Å². The Morgan fingerprint density at radius 1 is 1.13 bits per heavy atom. The smallest absolute Gasteiger partial charge is 0.246 e. The number of pyridine rings is 1. The largest absolute Gasteiger partial charge is 0.340 e. The second-order valence-electron chi connectivity index (χ2n) is 8.36. The molecule has 1 saturated heterocycles. The Balaban J connectivity index is 1.56. The minimum Gasteiger partial charge on any atom is -0.340 e. The van der Waals surface area contributed by atoms with Gasteiger partial charge in [0.05, 0.1) is 11.9 Å². The Bertz CT molecular complexity index is 1030. The third kappa shape index (κ3) is 3.96. The molecule has 1 aliphatic carbocycles. The third-order valence-electron chi connectivity index (χ3n) is 5.82. The normalized spacial score (nSPS) is 22.3. The summed E-state index contributed by atoms with van der Waals surface area (Å²) < 4.78 is 28.2. The van der Waals surface area contributed by atoms with E-state index >= 15 is 0 Å². The molecule has 2 fully saturated rings. The number of amides is 1. The van der Waals surface area contributed by atoms with Gasteiger partial charge in [0.25, 0.3) is 0 Å². The molecule has 4 rings (SSSR count). The summed E-state index contributed by atoms with van der Waals surface area (Å²) in [6, 6.07) is 5.44. The van der Waals surface area contributed by atoms with E-state index in [4.69, 9.17) is 0 Å². The van der Waals surface area contributed by atoms with E-state index in [0.717, 1.165) is 6.42 Å². The number of aromatic nitrogens is 3. The molecule has 0 radical (unpaired) electrons. The second kappa shape index (κ2) is 8.03. The predicted octanol–water partition coefficient (Wildman–Crippen LogP) is 2.15. The Morgan fingerprint density at radius 3 is 2.40 bits per heavy atom. The minimum absolute atomic E-state index is 0.0977. The van der Waals surface area contributed by atoms with Gasteiger partial charge >= 0.3 is 0 Å². The molecule has 30 heavy (non-hydrogen) atoms. The van der Waals surface area contributed by atoms with Crippen LogP contribution in [0.1, 0.15) is 38.8 Å². The molecule has 3 heterocycles. The van der Waals surface area contributed by atoms with Crippen LogP contribution in [-0.2, 0) is 14.8 Å². The highest BCUT2D eigenvalue weighted by Gasteiger charge is 2.43. The molecule has 0 aromatic carbocycles. The van der Waals surface area contributed by atoms with Crippen LogP contribution in [0.3, 0.4) is 0 Å². The summed E-state index contributed by atoms with van der Waals surface area (Å²) in [5.41, 5.74) is 1.08. The first-order valence-electron chi connectivity index (χ1n) is 10.4. The van der Waals surface area contributed by atoms with Gasteiger partial charge in [0, 0.05) is 38.3 Å². The van der Waals surface area contributed by atoms with E-state index in [1.54, 1.807) is 23.2 Å². The average Bonchev–Trinajstić information content (AvgIpc) is 3.50. The van der Waals surface area contributed by atoms with E-state index in [2.05, 4.69) is 21.9 Å². The molecule has 2 aromatic rings. The number of sulfonamides is 1. The lowest BCUT2D eigenvalue weighted by atomic mass is 10.1. The lowest BCUT2D eigenvalue weighted by Gasteiger charge is -2.34. The van der Waals surface area contributed by atoms with E-state index in [9.17, 15) is 13.2 Å². The number of nitrogens with zero attached hydrogens (tertiary/aromatic N) is 5. The zero-order chi connectivity index (χ0) is 21.5. The van der Waals surface area contributed by atoms with Crippen LogP contribution in [0.15, 0.2) is 35.5 Å². The first kappa shape index (κ1) is 20.9. The second-order valence-corrected chi connectivity index (χ2v) is 10.3. The maximum absolute atomic E-state index is 13.4. The van der Waals surface area contributed by atoms with Gasteiger partial charge in [-0.15, -0.1) is 0 Å². The molecule has 0 N–H and O–H groups in total. The van der Waals surface area contributed by atoms with Gasteiger partial charge in [0.1, 0.15) is 10.6 Å². The number of hydrogen-bond donors (Lipinski definition) is 0. The summed E-state index contributed by atoms with van der Waals surface area (Å²) in [7, 11) is -3.75. The van der Waals surface area contributed by atoms with Crippen molar-refractivity contribution in [2.75, 3.05) is 26.2 Å². The van der Waals surface area contributed by atoms with Crippen molar-refractivity contribution < 1.29 is 13.2 Å². The number of piperazine rings is 1. The van der Waals surface area contributed by atoms with Gasteiger partial charge < -0.3 is 4.90 Å². The fraction of sp³-hybridized carbons (Fsp3) is 0.524. The molecule has 2 atom stereocenters. The van der Waals surface area contributed by atoms with Crippen LogP contribution in [0.4, 0.5) is 0 Å². The summed E-state index contributed by atoms with van der Waals surface area (Å²) in [6.45, 7) is 7.32. The van der Waals surface area contributed by atoms with Gasteiger partial charge in [-0.3, -0.25) is 9.78 Å². The zero-order valence-corrected chi connectivity index (χ0v) is 18.3. The fourth-order valence-electron chi connectivity index (χ4n) is 3.80.